The molecule has 4 rings (SSSR count). The molecule has 0 aromatic heterocycles. The van der Waals surface area contributed by atoms with Crippen molar-refractivity contribution >= 4 is 11.6 Å². The lowest BCUT2D eigenvalue weighted by Crippen LogP contribution is -2.27. The highest BCUT2D eigenvalue weighted by Crippen LogP contribution is 2.48. The van der Waals surface area contributed by atoms with Crippen LogP contribution in [0, 0.1) is 0 Å². The summed E-state index contributed by atoms with van der Waals surface area (Å²) in [6.45, 7) is 2.52. The zero-order chi connectivity index (χ0) is 18.3. The van der Waals surface area contributed by atoms with Crippen molar-refractivity contribution in [1.82, 2.24) is 9.80 Å². The van der Waals surface area contributed by atoms with Crippen LogP contribution in [0.5, 0.6) is 0 Å². The van der Waals surface area contributed by atoms with Gasteiger partial charge in [-0.05, 0) is 56.1 Å². The maximum Gasteiger partial charge on any atom is 0.256 e. The molecule has 4 nitrogen and oxygen atoms in total. The average Bonchev–Trinajstić information content (AvgIpc) is 3.30. The van der Waals surface area contributed by atoms with E-state index in [-0.39, 0.29) is 5.91 Å². The Labute approximate surface area is 155 Å². The van der Waals surface area contributed by atoms with E-state index < -0.39 is 0 Å². The molecule has 0 atom stereocenters. The number of fused-ring (bicyclic) bond motifs is 1. The molecule has 0 unspecified atom stereocenters. The van der Waals surface area contributed by atoms with Crippen molar-refractivity contribution in [3.05, 3.63) is 64.7 Å². The minimum Gasteiger partial charge on any atom is -0.398 e. The van der Waals surface area contributed by atoms with E-state index in [4.69, 9.17) is 5.73 Å². The first-order valence-corrected chi connectivity index (χ1v) is 9.39. The number of hydrogen-bond acceptors (Lipinski definition) is 3. The van der Waals surface area contributed by atoms with Crippen LogP contribution in [0.2, 0.25) is 0 Å². The number of anilines is 1. The molecule has 26 heavy (non-hydrogen) atoms. The van der Waals surface area contributed by atoms with Crippen LogP contribution < -0.4 is 5.73 Å². The van der Waals surface area contributed by atoms with Crippen LogP contribution in [0.4, 0.5) is 5.69 Å². The minimum atomic E-state index is 0.0673. The maximum absolute atomic E-state index is 12.6. The molecule has 1 fully saturated rings. The van der Waals surface area contributed by atoms with Crippen molar-refractivity contribution in [2.45, 2.75) is 31.2 Å². The van der Waals surface area contributed by atoms with Gasteiger partial charge in [-0.25, -0.2) is 0 Å². The fourth-order valence-corrected chi connectivity index (χ4v) is 4.21. The molecule has 0 saturated heterocycles. The van der Waals surface area contributed by atoms with E-state index in [0.717, 1.165) is 25.1 Å². The second-order valence-electron chi connectivity index (χ2n) is 8.07. The Morgan fingerprint density at radius 2 is 1.85 bits per heavy atom. The summed E-state index contributed by atoms with van der Waals surface area (Å²) in [5.74, 6) is 0.0673. The summed E-state index contributed by atoms with van der Waals surface area (Å²) in [4.78, 5) is 16.8. The van der Waals surface area contributed by atoms with Crippen LogP contribution in [0.1, 0.15) is 39.9 Å². The predicted octanol–water partition coefficient (Wildman–Crippen LogP) is 3.06. The van der Waals surface area contributed by atoms with Gasteiger partial charge in [0.15, 0.2) is 0 Å². The SMILES string of the molecule is CN(C)CC1(c2ccc(CCN3Cc4cccc(N)c4C3=O)cc2)CC1. The van der Waals surface area contributed by atoms with Crippen molar-refractivity contribution in [1.29, 1.82) is 0 Å². The summed E-state index contributed by atoms with van der Waals surface area (Å²) in [6, 6.07) is 14.7. The highest BCUT2D eigenvalue weighted by molar-refractivity contribution is 6.03. The van der Waals surface area contributed by atoms with Gasteiger partial charge in [-0.2, -0.15) is 0 Å². The lowest BCUT2D eigenvalue weighted by Gasteiger charge is -2.21. The van der Waals surface area contributed by atoms with Crippen molar-refractivity contribution < 1.29 is 4.79 Å². The quantitative estimate of drug-likeness (QED) is 0.816. The van der Waals surface area contributed by atoms with Crippen molar-refractivity contribution in [3.8, 4) is 0 Å². The Morgan fingerprint density at radius 3 is 2.46 bits per heavy atom. The van der Waals surface area contributed by atoms with Gasteiger partial charge in [0.25, 0.3) is 5.91 Å². The molecule has 2 N–H and O–H groups in total. The average molecular weight is 349 g/mol. The van der Waals surface area contributed by atoms with Gasteiger partial charge >= 0.3 is 0 Å². The minimum absolute atomic E-state index is 0.0673. The van der Waals surface area contributed by atoms with Gasteiger partial charge in [0.1, 0.15) is 0 Å². The van der Waals surface area contributed by atoms with Crippen LogP contribution in [-0.2, 0) is 18.4 Å². The fraction of sp³-hybridized carbons (Fsp3) is 0.409. The summed E-state index contributed by atoms with van der Waals surface area (Å²) in [5.41, 5.74) is 11.4. The Balaban J connectivity index is 1.39. The molecule has 1 heterocycles. The van der Waals surface area contributed by atoms with E-state index >= 15 is 0 Å². The number of nitrogen functional groups attached to an aromatic ring is 1. The van der Waals surface area contributed by atoms with Gasteiger partial charge in [0, 0.05) is 30.7 Å². The van der Waals surface area contributed by atoms with Crippen molar-refractivity contribution in [3.63, 3.8) is 0 Å². The molecule has 0 spiro atoms. The summed E-state index contributed by atoms with van der Waals surface area (Å²) >= 11 is 0. The smallest absolute Gasteiger partial charge is 0.256 e. The van der Waals surface area contributed by atoms with E-state index in [0.29, 0.717) is 23.2 Å². The van der Waals surface area contributed by atoms with Gasteiger partial charge in [0.2, 0.25) is 0 Å². The van der Waals surface area contributed by atoms with Crippen LogP contribution in [-0.4, -0.2) is 42.9 Å². The van der Waals surface area contributed by atoms with Gasteiger partial charge in [-0.1, -0.05) is 36.4 Å². The highest BCUT2D eigenvalue weighted by Gasteiger charge is 2.44. The molecule has 1 saturated carbocycles. The van der Waals surface area contributed by atoms with Gasteiger partial charge < -0.3 is 15.5 Å². The summed E-state index contributed by atoms with van der Waals surface area (Å²) in [6.07, 6.45) is 3.44. The number of nitrogens with zero attached hydrogens (tertiary/aromatic N) is 2. The van der Waals surface area contributed by atoms with E-state index in [9.17, 15) is 4.79 Å². The number of rotatable bonds is 6. The second-order valence-corrected chi connectivity index (χ2v) is 8.07. The van der Waals surface area contributed by atoms with E-state index in [1.807, 2.05) is 17.0 Å². The highest BCUT2D eigenvalue weighted by atomic mass is 16.2. The molecule has 0 bridgehead atoms. The van der Waals surface area contributed by atoms with Gasteiger partial charge in [0.05, 0.1) is 5.56 Å². The number of carbonyl (C=O) groups is 1. The summed E-state index contributed by atoms with van der Waals surface area (Å²) < 4.78 is 0. The number of likely N-dealkylation sites (N-methyl/N-ethyl adjacent to an activating group) is 1. The first-order valence-electron chi connectivity index (χ1n) is 9.39. The monoisotopic (exact) mass is 349 g/mol. The topological polar surface area (TPSA) is 49.6 Å². The predicted molar refractivity (Wildman–Crippen MR) is 105 cm³/mol. The zero-order valence-electron chi connectivity index (χ0n) is 15.7. The number of benzene rings is 2. The molecule has 1 amide bonds. The first-order chi connectivity index (χ1) is 12.5. The van der Waals surface area contributed by atoms with Gasteiger partial charge in [-0.15, -0.1) is 0 Å². The molecular weight excluding hydrogens is 322 g/mol. The summed E-state index contributed by atoms with van der Waals surface area (Å²) in [5, 5.41) is 0. The third-order valence-electron chi connectivity index (χ3n) is 5.75. The Bertz CT molecular complexity index is 822. The molecule has 2 aromatic rings. The van der Waals surface area contributed by atoms with Crippen LogP contribution in [0.3, 0.4) is 0 Å². The summed E-state index contributed by atoms with van der Waals surface area (Å²) in [7, 11) is 4.29. The second kappa shape index (κ2) is 6.44. The standard InChI is InChI=1S/C22H27N3O/c1-24(2)15-22(11-12-22)18-8-6-16(7-9-18)10-13-25-14-17-4-3-5-19(23)20(17)21(25)26/h3-9H,10-15,23H2,1-2H3. The van der Waals surface area contributed by atoms with Crippen LogP contribution in [0.15, 0.2) is 42.5 Å². The largest absolute Gasteiger partial charge is 0.398 e. The van der Waals surface area contributed by atoms with Crippen molar-refractivity contribution in [2.75, 3.05) is 32.9 Å². The third kappa shape index (κ3) is 3.10. The third-order valence-corrected chi connectivity index (χ3v) is 5.75. The zero-order valence-corrected chi connectivity index (χ0v) is 15.7. The van der Waals surface area contributed by atoms with Crippen molar-refractivity contribution in [2.24, 2.45) is 0 Å². The van der Waals surface area contributed by atoms with Crippen LogP contribution >= 0.6 is 0 Å². The normalized spacial score (nSPS) is 17.7. The number of hydrogen-bond donors (Lipinski definition) is 1. The van der Waals surface area contributed by atoms with Gasteiger partial charge in [-0.3, -0.25) is 4.79 Å². The number of nitrogens with two attached hydrogens (primary N) is 1. The Morgan fingerprint density at radius 1 is 1.12 bits per heavy atom. The van der Waals surface area contributed by atoms with E-state index in [2.05, 4.69) is 43.3 Å². The fourth-order valence-electron chi connectivity index (χ4n) is 4.21. The molecular formula is C22H27N3O. The number of carbonyl (C=O) groups excluding carboxylic acids is 1. The number of amides is 1. The lowest BCUT2D eigenvalue weighted by atomic mass is 9.94. The van der Waals surface area contributed by atoms with Crippen LogP contribution in [0.25, 0.3) is 0 Å². The first kappa shape index (κ1) is 17.1. The molecule has 1 aliphatic heterocycles. The molecule has 136 valence electrons. The van der Waals surface area contributed by atoms with E-state index in [1.54, 1.807) is 6.07 Å². The molecule has 2 aliphatic rings. The molecule has 4 heteroatoms. The molecule has 2 aromatic carbocycles. The molecule has 1 aliphatic carbocycles. The van der Waals surface area contributed by atoms with E-state index in [1.165, 1.54) is 24.0 Å². The Hall–Kier alpha value is -2.33. The maximum atomic E-state index is 12.6. The Kier molecular flexibility index (Phi) is 4.23. The molecule has 0 radical (unpaired) electrons. The lowest BCUT2D eigenvalue weighted by molar-refractivity contribution is 0.0781.